The third-order valence-electron chi connectivity index (χ3n) is 12.3. The van der Waals surface area contributed by atoms with Crippen molar-refractivity contribution >= 4 is 17.6 Å². The van der Waals surface area contributed by atoms with Crippen LogP contribution < -0.4 is 10.6 Å². The Balaban J connectivity index is 1.26. The predicted molar refractivity (Wildman–Crippen MR) is 165 cm³/mol. The molecular weight excluding hydrogens is 512 g/mol. The minimum absolute atomic E-state index is 0.182. The second kappa shape index (κ2) is 13.3. The lowest BCUT2D eigenvalue weighted by Crippen LogP contribution is -2.42. The number of allylic oxidation sites excluding steroid dienone is 2. The summed E-state index contributed by atoms with van der Waals surface area (Å²) in [6.07, 6.45) is 17.8. The van der Waals surface area contributed by atoms with E-state index in [4.69, 9.17) is 4.84 Å². The Morgan fingerprint density at radius 2 is 1.90 bits per heavy atom. The highest BCUT2D eigenvalue weighted by molar-refractivity contribution is 5.91. The van der Waals surface area contributed by atoms with Crippen LogP contribution in [0.5, 0.6) is 0 Å². The monoisotopic (exact) mass is 568 g/mol. The standard InChI is InChI=1S/C34H56N4O3/c1-24(37-41-32(40)38(22-20-35-4)21-16-26-10-5-6-19-36-26)29-13-14-31-28-11-7-9-25-23-27(39)15-18-33(25,2)30(28)12-8-17-34(29,31)3/h23,26,28-31,35-36H,5-22H2,1-4H3/b37-24+/t26?,28-,29-,30+,31+,33+,34-/m1/s1. The van der Waals surface area contributed by atoms with Gasteiger partial charge in [-0.3, -0.25) is 9.63 Å². The van der Waals surface area contributed by atoms with E-state index in [2.05, 4.69) is 36.6 Å². The number of carbonyl (C=O) groups excluding carboxylic acids is 2. The summed E-state index contributed by atoms with van der Waals surface area (Å²) in [5.74, 6) is 2.74. The molecule has 1 unspecified atom stereocenters. The number of piperidine rings is 1. The first-order chi connectivity index (χ1) is 19.8. The molecule has 0 aromatic heterocycles. The fraction of sp³-hybridized carbons (Fsp3) is 0.853. The molecule has 5 rings (SSSR count). The van der Waals surface area contributed by atoms with Gasteiger partial charge in [0.15, 0.2) is 5.78 Å². The Morgan fingerprint density at radius 1 is 1.05 bits per heavy atom. The zero-order chi connectivity index (χ0) is 29.0. The topological polar surface area (TPSA) is 83.0 Å². The summed E-state index contributed by atoms with van der Waals surface area (Å²) in [4.78, 5) is 33.0. The van der Waals surface area contributed by atoms with Gasteiger partial charge in [-0.05, 0) is 126 Å². The molecule has 1 aliphatic heterocycles. The molecule has 4 aliphatic carbocycles. The number of fused-ring (bicyclic) bond motifs is 5. The van der Waals surface area contributed by atoms with Gasteiger partial charge in [0.25, 0.3) is 0 Å². The molecule has 7 atom stereocenters. The lowest BCUT2D eigenvalue weighted by atomic mass is 9.58. The first-order valence-corrected chi connectivity index (χ1v) is 16.9. The number of nitrogens with one attached hydrogen (secondary N) is 2. The van der Waals surface area contributed by atoms with E-state index in [1.807, 2.05) is 18.0 Å². The summed E-state index contributed by atoms with van der Waals surface area (Å²) in [6.45, 7) is 10.2. The first kappa shape index (κ1) is 30.7. The van der Waals surface area contributed by atoms with Crippen LogP contribution in [0.2, 0.25) is 0 Å². The number of hydrogen-bond acceptors (Lipinski definition) is 6. The molecule has 41 heavy (non-hydrogen) atoms. The molecule has 1 saturated heterocycles. The molecule has 2 N–H and O–H groups in total. The van der Waals surface area contributed by atoms with Gasteiger partial charge in [-0.2, -0.15) is 0 Å². The minimum atomic E-state index is -0.320. The van der Waals surface area contributed by atoms with Crippen molar-refractivity contribution in [3.63, 3.8) is 0 Å². The summed E-state index contributed by atoms with van der Waals surface area (Å²) >= 11 is 0. The average molecular weight is 569 g/mol. The molecule has 1 amide bonds. The lowest BCUT2D eigenvalue weighted by molar-refractivity contribution is -0.116. The van der Waals surface area contributed by atoms with Crippen LogP contribution in [-0.2, 0) is 9.63 Å². The van der Waals surface area contributed by atoms with Crippen molar-refractivity contribution in [3.8, 4) is 0 Å². The van der Waals surface area contributed by atoms with Gasteiger partial charge in [-0.1, -0.05) is 37.4 Å². The van der Waals surface area contributed by atoms with E-state index in [1.165, 1.54) is 63.4 Å². The second-order valence-electron chi connectivity index (χ2n) is 14.5. The van der Waals surface area contributed by atoms with E-state index >= 15 is 0 Å². The highest BCUT2D eigenvalue weighted by Crippen LogP contribution is 2.64. The lowest BCUT2D eigenvalue weighted by Gasteiger charge is -2.46. The Labute approximate surface area is 248 Å². The summed E-state index contributed by atoms with van der Waals surface area (Å²) in [6, 6.07) is 0.486. The maximum atomic E-state index is 13.2. The van der Waals surface area contributed by atoms with Gasteiger partial charge in [0.05, 0.1) is 5.71 Å². The van der Waals surface area contributed by atoms with Crippen LogP contribution in [0.3, 0.4) is 0 Å². The number of carbonyl (C=O) groups is 2. The number of rotatable bonds is 8. The number of oxime groups is 1. The van der Waals surface area contributed by atoms with Crippen molar-refractivity contribution in [2.45, 2.75) is 117 Å². The smallest absolute Gasteiger partial charge is 0.318 e. The molecule has 7 heteroatoms. The van der Waals surface area contributed by atoms with Crippen LogP contribution in [0.15, 0.2) is 16.8 Å². The van der Waals surface area contributed by atoms with Crippen molar-refractivity contribution in [2.75, 3.05) is 33.2 Å². The maximum absolute atomic E-state index is 13.2. The third kappa shape index (κ3) is 6.46. The summed E-state index contributed by atoms with van der Waals surface area (Å²) in [7, 11) is 1.92. The first-order valence-electron chi connectivity index (χ1n) is 16.9. The number of hydrogen-bond donors (Lipinski definition) is 2. The van der Waals surface area contributed by atoms with Gasteiger partial charge in [0.1, 0.15) is 0 Å². The van der Waals surface area contributed by atoms with Crippen LogP contribution in [0.1, 0.15) is 111 Å². The molecule has 5 aliphatic rings. The SMILES string of the molecule is CNCCN(CCC1CCCCN1)C(=O)O/N=C(\C)[C@H]1CC[C@H]2[C@@H]3CCCC4=CC(=O)CC[C@]4(C)[C@H]3CCC[C@]12C. The molecule has 0 bridgehead atoms. The van der Waals surface area contributed by atoms with E-state index < -0.39 is 0 Å². The molecule has 0 aromatic carbocycles. The largest absolute Gasteiger partial charge is 0.436 e. The van der Waals surface area contributed by atoms with Crippen LogP contribution >= 0.6 is 0 Å². The quantitative estimate of drug-likeness (QED) is 0.199. The van der Waals surface area contributed by atoms with Crippen molar-refractivity contribution in [1.82, 2.24) is 15.5 Å². The van der Waals surface area contributed by atoms with Gasteiger partial charge in [0, 0.05) is 38.0 Å². The Morgan fingerprint density at radius 3 is 2.68 bits per heavy atom. The number of likely N-dealkylation sites (N-methyl/N-ethyl adjacent to an activating group) is 1. The van der Waals surface area contributed by atoms with Gasteiger partial charge in [0.2, 0.25) is 0 Å². The number of amides is 1. The fourth-order valence-electron chi connectivity index (χ4n) is 9.94. The van der Waals surface area contributed by atoms with Crippen LogP contribution in [0.4, 0.5) is 4.79 Å². The Bertz CT molecular complexity index is 1000. The van der Waals surface area contributed by atoms with E-state index in [-0.39, 0.29) is 16.9 Å². The van der Waals surface area contributed by atoms with E-state index in [0.717, 1.165) is 44.5 Å². The zero-order valence-electron chi connectivity index (χ0n) is 26.3. The van der Waals surface area contributed by atoms with Crippen molar-refractivity contribution in [3.05, 3.63) is 11.6 Å². The normalized spacial score (nSPS) is 37.7. The van der Waals surface area contributed by atoms with Gasteiger partial charge < -0.3 is 15.5 Å². The molecule has 230 valence electrons. The van der Waals surface area contributed by atoms with E-state index in [9.17, 15) is 9.59 Å². The molecule has 0 radical (unpaired) electrons. The van der Waals surface area contributed by atoms with Crippen LogP contribution in [-0.4, -0.2) is 61.8 Å². The zero-order valence-corrected chi connectivity index (χ0v) is 26.3. The van der Waals surface area contributed by atoms with E-state index in [1.54, 1.807) is 0 Å². The Hall–Kier alpha value is -1.73. The molecule has 0 aromatic rings. The summed E-state index contributed by atoms with van der Waals surface area (Å²) in [5, 5.41) is 11.3. The van der Waals surface area contributed by atoms with Crippen molar-refractivity contribution < 1.29 is 14.4 Å². The fourth-order valence-corrected chi connectivity index (χ4v) is 9.94. The van der Waals surface area contributed by atoms with Gasteiger partial charge in [-0.25, -0.2) is 4.79 Å². The molecule has 1 heterocycles. The maximum Gasteiger partial charge on any atom is 0.436 e. The molecule has 3 saturated carbocycles. The van der Waals surface area contributed by atoms with Crippen molar-refractivity contribution in [2.24, 2.45) is 39.7 Å². The molecule has 7 nitrogen and oxygen atoms in total. The summed E-state index contributed by atoms with van der Waals surface area (Å²) in [5.41, 5.74) is 2.81. The van der Waals surface area contributed by atoms with Gasteiger partial charge in [-0.15, -0.1) is 0 Å². The van der Waals surface area contributed by atoms with Gasteiger partial charge >= 0.3 is 6.09 Å². The predicted octanol–water partition coefficient (Wildman–Crippen LogP) is 6.48. The molecule has 4 fully saturated rings. The second-order valence-corrected chi connectivity index (χ2v) is 14.5. The minimum Gasteiger partial charge on any atom is -0.318 e. The van der Waals surface area contributed by atoms with Crippen LogP contribution in [0, 0.1) is 34.5 Å². The van der Waals surface area contributed by atoms with Crippen molar-refractivity contribution in [1.29, 1.82) is 0 Å². The number of nitrogens with zero attached hydrogens (tertiary/aromatic N) is 2. The molecular formula is C34H56N4O3. The van der Waals surface area contributed by atoms with Crippen LogP contribution in [0.25, 0.3) is 0 Å². The highest BCUT2D eigenvalue weighted by atomic mass is 16.7. The summed E-state index contributed by atoms with van der Waals surface area (Å²) < 4.78 is 0. The molecule has 0 spiro atoms. The average Bonchev–Trinajstić information content (AvgIpc) is 3.14. The van der Waals surface area contributed by atoms with E-state index in [0.29, 0.717) is 55.0 Å². The Kier molecular flexibility index (Phi) is 9.95. The highest BCUT2D eigenvalue weighted by Gasteiger charge is 2.56. The third-order valence-corrected chi connectivity index (χ3v) is 12.3. The number of ketones is 1.